The van der Waals surface area contributed by atoms with Crippen LogP contribution in [0.15, 0.2) is 48.5 Å². The molecule has 3 aromatic rings. The molecule has 26 heavy (non-hydrogen) atoms. The van der Waals surface area contributed by atoms with Crippen molar-refractivity contribution in [2.75, 3.05) is 26.7 Å². The molecule has 134 valence electrons. The van der Waals surface area contributed by atoms with Crippen LogP contribution in [0.4, 0.5) is 0 Å². The number of imidazole rings is 1. The van der Waals surface area contributed by atoms with Gasteiger partial charge >= 0.3 is 0 Å². The maximum atomic E-state index is 12.9. The zero-order chi connectivity index (χ0) is 18.1. The second-order valence-corrected chi connectivity index (χ2v) is 7.00. The van der Waals surface area contributed by atoms with Crippen molar-refractivity contribution >= 4 is 16.9 Å². The van der Waals surface area contributed by atoms with Gasteiger partial charge in [0.1, 0.15) is 5.82 Å². The molecule has 0 radical (unpaired) electrons. The fraction of sp³-hybridized carbons (Fsp3) is 0.333. The molecular weight excluding hydrogens is 324 g/mol. The van der Waals surface area contributed by atoms with E-state index in [2.05, 4.69) is 27.0 Å². The van der Waals surface area contributed by atoms with Gasteiger partial charge in [-0.05, 0) is 63.2 Å². The Balaban J connectivity index is 1.64. The molecular formula is C21H24N4O. The first-order valence-electron chi connectivity index (χ1n) is 9.16. The van der Waals surface area contributed by atoms with Crippen LogP contribution in [0, 0.1) is 12.8 Å². The van der Waals surface area contributed by atoms with Crippen molar-refractivity contribution < 1.29 is 4.79 Å². The summed E-state index contributed by atoms with van der Waals surface area (Å²) < 4.78 is 2.13. The molecule has 2 heterocycles. The van der Waals surface area contributed by atoms with Crippen molar-refractivity contribution in [2.45, 2.75) is 13.3 Å². The van der Waals surface area contributed by atoms with Crippen molar-refractivity contribution in [3.8, 4) is 5.69 Å². The third kappa shape index (κ3) is 2.99. The van der Waals surface area contributed by atoms with E-state index in [1.807, 2.05) is 55.3 Å². The summed E-state index contributed by atoms with van der Waals surface area (Å²) >= 11 is 0. The number of carbonyl (C=O) groups is 1. The predicted octanol–water partition coefficient (Wildman–Crippen LogP) is 3.02. The van der Waals surface area contributed by atoms with Gasteiger partial charge in [-0.25, -0.2) is 4.98 Å². The summed E-state index contributed by atoms with van der Waals surface area (Å²) in [5.74, 6) is 1.58. The average Bonchev–Trinajstić information content (AvgIpc) is 3.25. The summed E-state index contributed by atoms with van der Waals surface area (Å²) in [6.07, 6.45) is 1.07. The molecule has 0 saturated carbocycles. The Morgan fingerprint density at radius 3 is 2.81 bits per heavy atom. The third-order valence-corrected chi connectivity index (χ3v) is 5.15. The number of hydrogen-bond donors (Lipinski definition) is 1. The number of amides is 1. The van der Waals surface area contributed by atoms with Crippen molar-refractivity contribution in [3.05, 3.63) is 59.9 Å². The second-order valence-electron chi connectivity index (χ2n) is 7.00. The zero-order valence-electron chi connectivity index (χ0n) is 15.3. The fourth-order valence-electron chi connectivity index (χ4n) is 3.89. The van der Waals surface area contributed by atoms with Gasteiger partial charge in [0.25, 0.3) is 5.91 Å². The minimum absolute atomic E-state index is 0.109. The lowest BCUT2D eigenvalue weighted by atomic mass is 10.1. The first-order valence-corrected chi connectivity index (χ1v) is 9.16. The van der Waals surface area contributed by atoms with E-state index in [-0.39, 0.29) is 5.91 Å². The van der Waals surface area contributed by atoms with Crippen LogP contribution >= 0.6 is 0 Å². The quantitative estimate of drug-likeness (QED) is 0.788. The van der Waals surface area contributed by atoms with Gasteiger partial charge in [-0.2, -0.15) is 0 Å². The van der Waals surface area contributed by atoms with E-state index in [0.29, 0.717) is 5.92 Å². The van der Waals surface area contributed by atoms with Crippen LogP contribution in [0.1, 0.15) is 22.6 Å². The lowest BCUT2D eigenvalue weighted by molar-refractivity contribution is 0.0787. The topological polar surface area (TPSA) is 50.2 Å². The Morgan fingerprint density at radius 2 is 2.04 bits per heavy atom. The molecule has 2 aromatic carbocycles. The largest absolute Gasteiger partial charge is 0.338 e. The number of likely N-dealkylation sites (tertiary alicyclic amines) is 1. The average molecular weight is 348 g/mol. The number of hydrogen-bond acceptors (Lipinski definition) is 3. The summed E-state index contributed by atoms with van der Waals surface area (Å²) in [5.41, 5.74) is 3.70. The Kier molecular flexibility index (Phi) is 4.47. The van der Waals surface area contributed by atoms with E-state index in [9.17, 15) is 4.79 Å². The highest BCUT2D eigenvalue weighted by Crippen LogP contribution is 2.24. The van der Waals surface area contributed by atoms with Gasteiger partial charge in [0, 0.05) is 24.3 Å². The van der Waals surface area contributed by atoms with E-state index < -0.39 is 0 Å². The summed E-state index contributed by atoms with van der Waals surface area (Å²) in [4.78, 5) is 19.5. The van der Waals surface area contributed by atoms with Crippen LogP contribution in [0.2, 0.25) is 0 Å². The van der Waals surface area contributed by atoms with E-state index in [4.69, 9.17) is 0 Å². The molecule has 0 bridgehead atoms. The lowest BCUT2D eigenvalue weighted by Crippen LogP contribution is -2.30. The Labute approximate surface area is 153 Å². The van der Waals surface area contributed by atoms with Crippen LogP contribution in [0.25, 0.3) is 16.7 Å². The van der Waals surface area contributed by atoms with Crippen molar-refractivity contribution in [1.82, 2.24) is 19.8 Å². The SMILES string of the molecule is CNCC1CCN(C(=O)c2ccc3c(c2)nc(C)n3-c2ccccc2)C1. The number of nitrogens with zero attached hydrogens (tertiary/aromatic N) is 3. The van der Waals surface area contributed by atoms with E-state index in [1.165, 1.54) is 0 Å². The first kappa shape index (κ1) is 16.8. The Hall–Kier alpha value is -2.66. The highest BCUT2D eigenvalue weighted by Gasteiger charge is 2.26. The summed E-state index contributed by atoms with van der Waals surface area (Å²) in [6.45, 7) is 4.62. The molecule has 5 nitrogen and oxygen atoms in total. The smallest absolute Gasteiger partial charge is 0.253 e. The van der Waals surface area contributed by atoms with Gasteiger partial charge in [-0.1, -0.05) is 18.2 Å². The standard InChI is InChI=1S/C21H24N4O/c1-15-23-19-12-17(21(26)24-11-10-16(14-24)13-22-2)8-9-20(19)25(15)18-6-4-3-5-7-18/h3-9,12,16,22H,10-11,13-14H2,1-2H3. The molecule has 4 rings (SSSR count). The summed E-state index contributed by atoms with van der Waals surface area (Å²) in [7, 11) is 1.96. The van der Waals surface area contributed by atoms with E-state index >= 15 is 0 Å². The fourth-order valence-corrected chi connectivity index (χ4v) is 3.89. The maximum absolute atomic E-state index is 12.9. The van der Waals surface area contributed by atoms with Gasteiger partial charge in [0.2, 0.25) is 0 Å². The molecule has 1 aliphatic heterocycles. The molecule has 5 heteroatoms. The number of aromatic nitrogens is 2. The molecule has 1 amide bonds. The van der Waals surface area contributed by atoms with Gasteiger partial charge in [-0.15, -0.1) is 0 Å². The number of para-hydroxylation sites is 1. The maximum Gasteiger partial charge on any atom is 0.253 e. The molecule has 1 saturated heterocycles. The summed E-state index contributed by atoms with van der Waals surface area (Å²) in [5, 5.41) is 3.21. The number of fused-ring (bicyclic) bond motifs is 1. The van der Waals surface area contributed by atoms with Gasteiger partial charge < -0.3 is 10.2 Å². The monoisotopic (exact) mass is 348 g/mol. The molecule has 1 aliphatic rings. The Bertz CT molecular complexity index is 932. The molecule has 1 N–H and O–H groups in total. The van der Waals surface area contributed by atoms with Gasteiger partial charge in [0.05, 0.1) is 11.0 Å². The van der Waals surface area contributed by atoms with Gasteiger partial charge in [-0.3, -0.25) is 9.36 Å². The molecule has 1 fully saturated rings. The number of rotatable bonds is 4. The minimum atomic E-state index is 0.109. The molecule has 0 spiro atoms. The zero-order valence-corrected chi connectivity index (χ0v) is 15.3. The molecule has 1 atom stereocenters. The Morgan fingerprint density at radius 1 is 1.23 bits per heavy atom. The highest BCUT2D eigenvalue weighted by atomic mass is 16.2. The molecule has 1 unspecified atom stereocenters. The number of nitrogens with one attached hydrogen (secondary N) is 1. The van der Waals surface area contributed by atoms with Crippen LogP contribution < -0.4 is 5.32 Å². The first-order chi connectivity index (χ1) is 12.7. The summed E-state index contributed by atoms with van der Waals surface area (Å²) in [6, 6.07) is 16.1. The van der Waals surface area contributed by atoms with Crippen molar-refractivity contribution in [3.63, 3.8) is 0 Å². The van der Waals surface area contributed by atoms with E-state index in [0.717, 1.165) is 54.2 Å². The second kappa shape index (κ2) is 6.92. The van der Waals surface area contributed by atoms with Crippen molar-refractivity contribution in [2.24, 2.45) is 5.92 Å². The number of benzene rings is 2. The highest BCUT2D eigenvalue weighted by molar-refractivity contribution is 5.97. The van der Waals surface area contributed by atoms with Crippen LogP contribution in [0.3, 0.4) is 0 Å². The minimum Gasteiger partial charge on any atom is -0.338 e. The predicted molar refractivity (Wildman–Crippen MR) is 104 cm³/mol. The normalized spacial score (nSPS) is 17.2. The lowest BCUT2D eigenvalue weighted by Gasteiger charge is -2.16. The van der Waals surface area contributed by atoms with Crippen LogP contribution in [-0.2, 0) is 0 Å². The number of aryl methyl sites for hydroxylation is 1. The van der Waals surface area contributed by atoms with Gasteiger partial charge in [0.15, 0.2) is 0 Å². The van der Waals surface area contributed by atoms with E-state index in [1.54, 1.807) is 0 Å². The van der Waals surface area contributed by atoms with Crippen LogP contribution in [0.5, 0.6) is 0 Å². The van der Waals surface area contributed by atoms with Crippen molar-refractivity contribution in [1.29, 1.82) is 0 Å². The number of carbonyl (C=O) groups excluding carboxylic acids is 1. The molecule has 0 aliphatic carbocycles. The van der Waals surface area contributed by atoms with Crippen LogP contribution in [-0.4, -0.2) is 47.0 Å². The third-order valence-electron chi connectivity index (χ3n) is 5.15. The molecule has 1 aromatic heterocycles.